The van der Waals surface area contributed by atoms with Gasteiger partial charge in [-0.25, -0.2) is 14.4 Å². The Labute approximate surface area is 828 Å². The van der Waals surface area contributed by atoms with Crippen LogP contribution in [0.4, 0.5) is 14.4 Å². The van der Waals surface area contributed by atoms with Crippen LogP contribution in [0.15, 0.2) is 78.9 Å². The Bertz CT molecular complexity index is 5630. The maximum absolute atomic E-state index is 17.0. The van der Waals surface area contributed by atoms with Crippen LogP contribution in [0.25, 0.3) is 11.1 Å². The number of carbonyl (C=O) groups is 11. The number of likely N-dealkylation sites (N-methyl/N-ethyl adjacent to an activating group) is 1. The zero-order valence-electron chi connectivity index (χ0n) is 81.4. The first kappa shape index (κ1) is 106. The van der Waals surface area contributed by atoms with Gasteiger partial charge in [0.15, 0.2) is 30.2 Å². The van der Waals surface area contributed by atoms with Gasteiger partial charge in [0, 0.05) is 43.1 Å². The van der Waals surface area contributed by atoms with E-state index in [4.69, 9.17) is 81.0 Å². The van der Waals surface area contributed by atoms with Crippen molar-refractivity contribution >= 4 is 88.7 Å². The van der Waals surface area contributed by atoms with E-state index < -0.39 is 320 Å². The first-order valence-corrected chi connectivity index (χ1v) is 48.0. The number of nitrogens with zero attached hydrogens (tertiary/aromatic N) is 1. The highest BCUT2D eigenvalue weighted by Gasteiger charge is 2.56. The van der Waals surface area contributed by atoms with Gasteiger partial charge in [0.2, 0.25) is 59.3 Å². The van der Waals surface area contributed by atoms with E-state index in [-0.39, 0.29) is 46.4 Å². The van der Waals surface area contributed by atoms with E-state index in [9.17, 15) is 65.1 Å². The number of nitrogens with one attached hydrogen (secondary N) is 9. The van der Waals surface area contributed by atoms with Crippen molar-refractivity contribution in [2.24, 2.45) is 35.3 Å². The summed E-state index contributed by atoms with van der Waals surface area (Å²) in [7, 11) is 1.26. The third kappa shape index (κ3) is 23.8. The number of primary amides is 1. The molecule has 0 spiro atoms. The number of aromatic hydroxyl groups is 3. The van der Waals surface area contributed by atoms with E-state index in [1.165, 1.54) is 59.0 Å². The van der Waals surface area contributed by atoms with E-state index in [1.54, 1.807) is 76.2 Å². The molecule has 4 aliphatic carbocycles. The summed E-state index contributed by atoms with van der Waals surface area (Å²) in [5, 5.41) is 132. The second-order valence-corrected chi connectivity index (χ2v) is 43.0. The summed E-state index contributed by atoms with van der Waals surface area (Å²) >= 11 is 15.0. The number of ether oxygens (including phenoxy) is 11. The molecule has 0 radical (unpaired) electrons. The van der Waals surface area contributed by atoms with Crippen molar-refractivity contribution in [1.29, 1.82) is 0 Å². The van der Waals surface area contributed by atoms with Gasteiger partial charge in [0.05, 0.1) is 46.4 Å². The lowest BCUT2D eigenvalue weighted by Crippen LogP contribution is -2.66. The van der Waals surface area contributed by atoms with Crippen LogP contribution in [0.2, 0.25) is 10.0 Å². The third-order valence-electron chi connectivity index (χ3n) is 27.0. The molecule has 12 aliphatic rings. The molecule has 17 rings (SSSR count). The molecular weight excluding hydrogens is 1900 g/mol. The zero-order valence-corrected chi connectivity index (χ0v) is 82.9. The highest BCUT2D eigenvalue weighted by Crippen LogP contribution is 2.56. The molecule has 0 aromatic heterocycles. The lowest BCUT2D eigenvalue weighted by Gasteiger charge is -2.54. The molecule has 142 heavy (non-hydrogen) atoms. The number of hydrogen-bond donors (Lipinski definition) is 19. The van der Waals surface area contributed by atoms with Crippen molar-refractivity contribution < 1.29 is 151 Å². The van der Waals surface area contributed by atoms with Crippen LogP contribution in [0.1, 0.15) is 220 Å². The Morgan fingerprint density at radius 2 is 1.11 bits per heavy atom. The number of aliphatic hydroxyl groups is 6. The molecule has 20 N–H and O–H groups in total. The molecule has 42 nitrogen and oxygen atoms in total. The molecule has 22 atom stereocenters. The number of aliphatic hydroxyl groups excluding tert-OH is 6. The van der Waals surface area contributed by atoms with Crippen molar-refractivity contribution in [2.75, 3.05) is 13.7 Å². The van der Waals surface area contributed by atoms with Gasteiger partial charge in [-0.05, 0) is 241 Å². The zero-order chi connectivity index (χ0) is 104. The van der Waals surface area contributed by atoms with Gasteiger partial charge in [-0.1, -0.05) is 55.2 Å². The normalized spacial score (nSPS) is 31.7. The van der Waals surface area contributed by atoms with Crippen LogP contribution in [0, 0.1) is 29.6 Å². The average Bonchev–Trinajstić information content (AvgIpc) is 0.751. The number of rotatable bonds is 18. The monoisotopic (exact) mass is 2020 g/mol. The summed E-state index contributed by atoms with van der Waals surface area (Å²) in [4.78, 5) is 170. The van der Waals surface area contributed by atoms with Crippen LogP contribution in [-0.2, 0) is 76.3 Å². The number of carbonyl (C=O) groups excluding carboxylic acids is 11. The van der Waals surface area contributed by atoms with E-state index in [2.05, 4.69) is 47.9 Å². The Kier molecular flexibility index (Phi) is 31.3. The van der Waals surface area contributed by atoms with Gasteiger partial charge < -0.3 is 152 Å². The minimum absolute atomic E-state index is 0.0133. The van der Waals surface area contributed by atoms with Gasteiger partial charge in [-0.15, -0.1) is 0 Å². The Morgan fingerprint density at radius 1 is 0.585 bits per heavy atom. The van der Waals surface area contributed by atoms with Crippen LogP contribution in [0.5, 0.6) is 46.0 Å². The van der Waals surface area contributed by atoms with Gasteiger partial charge >= 0.3 is 18.3 Å². The average molecular weight is 2030 g/mol. The first-order valence-electron chi connectivity index (χ1n) is 47.3. The van der Waals surface area contributed by atoms with Crippen LogP contribution in [-0.4, -0.2) is 256 Å². The largest absolute Gasteiger partial charge is 0.508 e. The summed E-state index contributed by atoms with van der Waals surface area (Å²) < 4.78 is 70.4. The Hall–Kier alpha value is -11.4. The number of halogens is 2. The lowest BCUT2D eigenvalue weighted by atomic mass is 9.54. The number of amides is 11. The SMILES string of the molecule is CC(C)C[C@H](C(=O)N[C@H]1C(=O)N[C@@H](CC(N)=O)C(=O)N[C@H]2C(=O)N[C@H]3C(=O)N[C@H](C(=O)N[C@H](C(=O)NC4C5CC6CC(C5)CC4C6)c4cc(O)cc(O)c4-c4cc3ccc4O)[C@H](OC3CC(C)(NC(=O)OC(C)(C)C)C(O)C(C)O3)c3ccc(c(Cl)c3)Oc3cc2cc(c3OC2OC(CO)C(O)C(O)C2OC2CC(C)(NC(=O)OC(C)(C)C)C(O)C(C)O2)Oc2ccc(cc2Cl)[C@H]1O)N(C)C(=O)OC(C)(C)C. The van der Waals surface area contributed by atoms with Crippen LogP contribution < -0.4 is 67.8 Å². The molecule has 5 aromatic rings. The first-order chi connectivity index (χ1) is 66.4. The number of hydrogen-bond acceptors (Lipinski definition) is 31. The second-order valence-electron chi connectivity index (χ2n) is 42.2. The van der Waals surface area contributed by atoms with Gasteiger partial charge in [-0.3, -0.25) is 43.3 Å². The van der Waals surface area contributed by atoms with Crippen LogP contribution >= 0.6 is 23.2 Å². The molecule has 8 heterocycles. The smallest absolute Gasteiger partial charge is 0.410 e. The van der Waals surface area contributed by atoms with E-state index >= 15 is 33.6 Å². The predicted octanol–water partition coefficient (Wildman–Crippen LogP) is 6.98. The molecule has 7 fully saturated rings. The number of alkyl carbamates (subject to hydrolysis) is 2. The molecule has 4 saturated carbocycles. The number of fused-ring (bicyclic) bond motifs is 15. The Balaban J connectivity index is 0.999. The van der Waals surface area contributed by atoms with Crippen molar-refractivity contribution in [3.05, 3.63) is 117 Å². The molecule has 5 aromatic carbocycles. The summed E-state index contributed by atoms with van der Waals surface area (Å²) in [5.41, 5.74) is -3.23. The highest BCUT2D eigenvalue weighted by atomic mass is 35.5. The van der Waals surface area contributed by atoms with Gasteiger partial charge in [0.1, 0.15) is 131 Å². The van der Waals surface area contributed by atoms with Crippen molar-refractivity contribution in [1.82, 2.24) is 52.8 Å². The van der Waals surface area contributed by atoms with Crippen LogP contribution in [0.3, 0.4) is 0 Å². The fourth-order valence-corrected chi connectivity index (χ4v) is 20.9. The number of phenolic OH excluding ortho intramolecular Hbond substituents is 3. The van der Waals surface area contributed by atoms with E-state index in [0.717, 1.165) is 91.6 Å². The van der Waals surface area contributed by atoms with Gasteiger partial charge in [0.25, 0.3) is 0 Å². The number of phenols is 3. The number of benzene rings is 5. The minimum Gasteiger partial charge on any atom is -0.508 e. The molecule has 13 unspecified atom stereocenters. The maximum Gasteiger partial charge on any atom is 0.410 e. The Morgan fingerprint density at radius 3 is 1.65 bits per heavy atom. The number of nitrogens with two attached hydrogens (primary N) is 1. The van der Waals surface area contributed by atoms with Gasteiger partial charge in [-0.2, -0.15) is 0 Å². The molecular formula is C98H127Cl2N11O31. The standard InChI is InChI=1S/C98H127Cl2N11O31/c1-40(2)23-57(111(16)93(131)142-96(11,12)13)84(123)107-73-75(117)46-18-21-60(54(99)30-46)134-62-32-50-33-63(79(62)139-90-80(77(119)76(118)64(39-112)136-90)138-67-38-98(15,82(121)42(4)133-67)110-92(130)141-95(8,9)10)135-61-22-19-47(31-55(61)100)78(137-66-37-97(14,81(120)41(3)132-66)109-91(129)140-94(5,6)7)74-89(128)106-72(87(126)103-69-48-25-43-24-44(27-48)28-49(69)26-43)53-34-51(113)35-59(115)68(53)52-29-45(17-20-58(52)114)70(85(124)108-74)105-86(125)71(50)104-83(122)56(36-65(101)116)102-88(73)127/h17-22,29-35,40-44,48-49,56-57,64,66-67,69-78,80-82,90,112-115,117-121H,23-28,36-39H2,1-16H3,(H2,101,116)(H,102,127)(H,103,126)(H,104,122)(H,105,125)(H,106,128)(H,107,123)(H,108,124)(H,109,129)(H,110,130)/t41?,42?,43?,44?,48?,49?,56-,57+,64?,66?,67?,69?,70+,71+,72-,73+,74-,75+,76?,77?,78+,80?,81?,82?,90?,97?,98?/m0/s1. The van der Waals surface area contributed by atoms with E-state index in [1.807, 2.05) is 0 Å². The highest BCUT2D eigenvalue weighted by molar-refractivity contribution is 6.32. The van der Waals surface area contributed by atoms with Crippen molar-refractivity contribution in [2.45, 2.75) is 318 Å². The molecule has 44 heteroatoms. The summed E-state index contributed by atoms with van der Waals surface area (Å²) in [6.07, 6.45) is -24.4. The molecule has 774 valence electrons. The third-order valence-corrected chi connectivity index (χ3v) is 27.5. The maximum atomic E-state index is 17.0. The fraction of sp³-hybridized carbons (Fsp3) is 0.582. The quantitative estimate of drug-likeness (QED) is 0.0393. The lowest BCUT2D eigenvalue weighted by molar-refractivity contribution is -0.334. The van der Waals surface area contributed by atoms with E-state index in [0.29, 0.717) is 11.8 Å². The molecule has 8 aliphatic heterocycles. The molecule has 11 amide bonds. The summed E-state index contributed by atoms with van der Waals surface area (Å²) in [6, 6.07) is -1.25. The fourth-order valence-electron chi connectivity index (χ4n) is 20.5. The van der Waals surface area contributed by atoms with Crippen molar-refractivity contribution in [3.8, 4) is 57.1 Å². The molecule has 3 saturated heterocycles. The second kappa shape index (κ2) is 41.7. The molecule has 15 bridgehead atoms. The topological polar surface area (TPSA) is 609 Å². The minimum atomic E-state index is -2.48. The predicted molar refractivity (Wildman–Crippen MR) is 502 cm³/mol. The van der Waals surface area contributed by atoms with Crippen molar-refractivity contribution in [3.63, 3.8) is 0 Å². The summed E-state index contributed by atoms with van der Waals surface area (Å²) in [6.45, 7) is 22.6. The summed E-state index contributed by atoms with van der Waals surface area (Å²) in [5.74, 6) is -15.2.